The van der Waals surface area contributed by atoms with Crippen LogP contribution in [0, 0.1) is 5.92 Å². The number of aliphatic hydroxyl groups is 1. The van der Waals surface area contributed by atoms with E-state index in [1.807, 2.05) is 6.92 Å². The van der Waals surface area contributed by atoms with Crippen molar-refractivity contribution < 1.29 is 5.11 Å². The van der Waals surface area contributed by atoms with E-state index in [1.165, 1.54) is 43.0 Å². The Kier molecular flexibility index (Phi) is 12.8. The van der Waals surface area contributed by atoms with Gasteiger partial charge in [-0.05, 0) is 0 Å². The monoisotopic (exact) mass is 392 g/mol. The Hall–Kier alpha value is 0.759. The summed E-state index contributed by atoms with van der Waals surface area (Å²) in [5.74, 6) is 0.747. The van der Waals surface area contributed by atoms with E-state index in [1.54, 1.807) is 13.3 Å². The van der Waals surface area contributed by atoms with E-state index in [0.29, 0.717) is 0 Å². The van der Waals surface area contributed by atoms with Crippen molar-refractivity contribution >= 4 is 18.4 Å². The number of aliphatic hydroxyl groups excluding tert-OH is 1. The van der Waals surface area contributed by atoms with Crippen LogP contribution in [0.3, 0.4) is 0 Å². The fourth-order valence-corrected chi connectivity index (χ4v) is 21.8. The van der Waals surface area contributed by atoms with E-state index in [4.69, 9.17) is 0 Å². The molecule has 0 rings (SSSR count). The van der Waals surface area contributed by atoms with Crippen molar-refractivity contribution in [3.8, 4) is 0 Å². The molecule has 0 saturated heterocycles. The van der Waals surface area contributed by atoms with Crippen LogP contribution in [-0.2, 0) is 0 Å². The first kappa shape index (κ1) is 20.8. The third kappa shape index (κ3) is 9.65. The molecule has 0 aliphatic carbocycles. The van der Waals surface area contributed by atoms with Gasteiger partial charge in [0, 0.05) is 0 Å². The van der Waals surface area contributed by atoms with Crippen molar-refractivity contribution in [2.45, 2.75) is 103 Å². The van der Waals surface area contributed by atoms with Crippen molar-refractivity contribution in [1.29, 1.82) is 0 Å². The van der Waals surface area contributed by atoms with Gasteiger partial charge in [-0.25, -0.2) is 0 Å². The fraction of sp³-hybridized carbons (Fsp3) is 1.00. The van der Waals surface area contributed by atoms with Crippen LogP contribution in [0.1, 0.15) is 79.6 Å². The summed E-state index contributed by atoms with van der Waals surface area (Å²) >= 11 is -1.94. The molecule has 0 aromatic rings. The zero-order chi connectivity index (χ0) is 15.4. The van der Waals surface area contributed by atoms with Crippen molar-refractivity contribution in [2.75, 3.05) is 0 Å². The molecule has 122 valence electrons. The third-order valence-corrected chi connectivity index (χ3v) is 21.3. The second-order valence-corrected chi connectivity index (χ2v) is 21.2. The van der Waals surface area contributed by atoms with E-state index >= 15 is 0 Å². The standard InChI is InChI=1S/C6H13O.3C4H9.Sn/c1-5(2)4-6(3)7;3*1-3-4-2;/h5-7H,1,4H2,2-3H3;3*1,3-4H2,2H3;/t5-,6-;;;;/m0..../s1. The van der Waals surface area contributed by atoms with E-state index < -0.39 is 18.4 Å². The molecule has 20 heavy (non-hydrogen) atoms. The predicted molar refractivity (Wildman–Crippen MR) is 95.2 cm³/mol. The first-order valence-corrected chi connectivity index (χ1v) is 17.2. The summed E-state index contributed by atoms with van der Waals surface area (Å²) in [5, 5.41) is 9.67. The Balaban J connectivity index is 4.73. The Morgan fingerprint density at radius 2 is 1.20 bits per heavy atom. The zero-order valence-electron chi connectivity index (χ0n) is 14.9. The van der Waals surface area contributed by atoms with Crippen molar-refractivity contribution in [3.63, 3.8) is 0 Å². The maximum absolute atomic E-state index is 9.67. The van der Waals surface area contributed by atoms with E-state index in [-0.39, 0.29) is 6.10 Å². The van der Waals surface area contributed by atoms with Crippen LogP contribution in [0.2, 0.25) is 17.7 Å². The Morgan fingerprint density at radius 3 is 1.50 bits per heavy atom. The van der Waals surface area contributed by atoms with E-state index in [0.717, 1.165) is 12.3 Å². The van der Waals surface area contributed by atoms with Crippen LogP contribution >= 0.6 is 0 Å². The van der Waals surface area contributed by atoms with Gasteiger partial charge in [-0.2, -0.15) is 0 Å². The first-order valence-electron chi connectivity index (χ1n) is 9.17. The average Bonchev–Trinajstić information content (AvgIpc) is 2.39. The average molecular weight is 391 g/mol. The van der Waals surface area contributed by atoms with Crippen LogP contribution in [0.25, 0.3) is 0 Å². The number of hydrogen-bond acceptors (Lipinski definition) is 1. The van der Waals surface area contributed by atoms with Crippen molar-refractivity contribution in [3.05, 3.63) is 0 Å². The fourth-order valence-electron chi connectivity index (χ4n) is 3.74. The van der Waals surface area contributed by atoms with Crippen LogP contribution in [0.5, 0.6) is 0 Å². The summed E-state index contributed by atoms with van der Waals surface area (Å²) in [7, 11) is 0. The molecule has 0 unspecified atom stereocenters. The van der Waals surface area contributed by atoms with Crippen LogP contribution in [0.4, 0.5) is 0 Å². The van der Waals surface area contributed by atoms with Gasteiger partial charge in [0.15, 0.2) is 0 Å². The maximum atomic E-state index is 9.67. The molecule has 0 bridgehead atoms. The third-order valence-electron chi connectivity index (χ3n) is 4.71. The van der Waals surface area contributed by atoms with Crippen LogP contribution in [0.15, 0.2) is 0 Å². The zero-order valence-corrected chi connectivity index (χ0v) is 17.7. The molecular weight excluding hydrogens is 351 g/mol. The van der Waals surface area contributed by atoms with Gasteiger partial charge in [-0.1, -0.05) is 0 Å². The molecule has 1 N–H and O–H groups in total. The topological polar surface area (TPSA) is 20.2 Å². The van der Waals surface area contributed by atoms with Gasteiger partial charge in [-0.3, -0.25) is 0 Å². The normalized spacial score (nSPS) is 15.3. The van der Waals surface area contributed by atoms with E-state index in [2.05, 4.69) is 27.7 Å². The van der Waals surface area contributed by atoms with Gasteiger partial charge in [0.2, 0.25) is 0 Å². The molecule has 0 amide bonds. The van der Waals surface area contributed by atoms with Gasteiger partial charge < -0.3 is 0 Å². The molecule has 0 spiro atoms. The summed E-state index contributed by atoms with van der Waals surface area (Å²) in [6.07, 6.45) is 9.38. The summed E-state index contributed by atoms with van der Waals surface area (Å²) in [5.41, 5.74) is 0. The van der Waals surface area contributed by atoms with Gasteiger partial charge >= 0.3 is 133 Å². The number of unbranched alkanes of at least 4 members (excludes halogenated alkanes) is 3. The molecular formula is C18H40OSn. The number of rotatable bonds is 13. The predicted octanol–water partition coefficient (Wildman–Crippen LogP) is 6.24. The van der Waals surface area contributed by atoms with Gasteiger partial charge in [0.25, 0.3) is 0 Å². The number of hydrogen-bond donors (Lipinski definition) is 1. The summed E-state index contributed by atoms with van der Waals surface area (Å²) in [6, 6.07) is 0. The Bertz CT molecular complexity index is 194. The molecule has 0 aliphatic heterocycles. The van der Waals surface area contributed by atoms with E-state index in [9.17, 15) is 5.11 Å². The summed E-state index contributed by atoms with van der Waals surface area (Å²) in [4.78, 5) is 0. The molecule has 0 saturated carbocycles. The molecule has 2 heteroatoms. The Labute approximate surface area is 132 Å². The van der Waals surface area contributed by atoms with Gasteiger partial charge in [0.1, 0.15) is 0 Å². The minimum atomic E-state index is -1.94. The van der Waals surface area contributed by atoms with Gasteiger partial charge in [-0.15, -0.1) is 0 Å². The molecule has 0 aromatic carbocycles. The van der Waals surface area contributed by atoms with Crippen LogP contribution < -0.4 is 0 Å². The Morgan fingerprint density at radius 1 is 0.800 bits per heavy atom. The van der Waals surface area contributed by atoms with Crippen molar-refractivity contribution in [1.82, 2.24) is 0 Å². The summed E-state index contributed by atoms with van der Waals surface area (Å²) < 4.78 is 6.35. The van der Waals surface area contributed by atoms with Crippen LogP contribution in [-0.4, -0.2) is 29.6 Å². The minimum absolute atomic E-state index is 0.113. The first-order chi connectivity index (χ1) is 9.49. The molecule has 0 radical (unpaired) electrons. The molecule has 1 nitrogen and oxygen atoms in total. The SMILES string of the molecule is CCC[CH2][Sn]([CH2]CCC)([CH2]CCC)[CH2][C@@H](C)C[C@H](C)O. The second-order valence-electron chi connectivity index (χ2n) is 7.20. The molecule has 0 aliphatic rings. The summed E-state index contributed by atoms with van der Waals surface area (Å²) in [6.45, 7) is 11.4. The molecule has 0 heterocycles. The quantitative estimate of drug-likeness (QED) is 0.369. The van der Waals surface area contributed by atoms with Gasteiger partial charge in [0.05, 0.1) is 0 Å². The van der Waals surface area contributed by atoms with Crippen molar-refractivity contribution in [2.24, 2.45) is 5.92 Å². The molecule has 2 atom stereocenters. The molecule has 0 aromatic heterocycles. The molecule has 0 fully saturated rings. The second kappa shape index (κ2) is 12.3.